The van der Waals surface area contributed by atoms with E-state index in [0.29, 0.717) is 6.01 Å². The lowest BCUT2D eigenvalue weighted by atomic mass is 10.3. The molecule has 0 saturated carbocycles. The molecule has 0 saturated heterocycles. The van der Waals surface area contributed by atoms with E-state index in [2.05, 4.69) is 9.97 Å². The molecule has 0 amide bonds. The maximum absolute atomic E-state index is 5.43. The highest BCUT2D eigenvalue weighted by Gasteiger charge is 2.03. The van der Waals surface area contributed by atoms with Crippen molar-refractivity contribution in [1.82, 2.24) is 9.97 Å². The molecule has 3 nitrogen and oxygen atoms in total. The predicted octanol–water partition coefficient (Wildman–Crippen LogP) is 2.35. The van der Waals surface area contributed by atoms with E-state index in [1.807, 2.05) is 38.1 Å². The standard InChI is InChI=1S/C10H12N2O/c1-7(2)13-10-11-8-5-3-4-6-9(8)12-10/h3-7H,1-2H3,(H,11,12). The quantitative estimate of drug-likeness (QED) is 0.762. The third-order valence-electron chi connectivity index (χ3n) is 1.71. The van der Waals surface area contributed by atoms with Crippen molar-refractivity contribution in [3.05, 3.63) is 24.3 Å². The van der Waals surface area contributed by atoms with Gasteiger partial charge in [-0.25, -0.2) is 0 Å². The topological polar surface area (TPSA) is 37.9 Å². The number of benzene rings is 1. The summed E-state index contributed by atoms with van der Waals surface area (Å²) < 4.78 is 5.43. The van der Waals surface area contributed by atoms with Crippen LogP contribution in [0.25, 0.3) is 11.0 Å². The molecule has 0 atom stereocenters. The van der Waals surface area contributed by atoms with Gasteiger partial charge in [-0.1, -0.05) is 12.1 Å². The van der Waals surface area contributed by atoms with Crippen LogP contribution in [0.3, 0.4) is 0 Å². The van der Waals surface area contributed by atoms with E-state index in [-0.39, 0.29) is 6.10 Å². The molecular weight excluding hydrogens is 164 g/mol. The largest absolute Gasteiger partial charge is 0.462 e. The van der Waals surface area contributed by atoms with Crippen LogP contribution in [0.5, 0.6) is 6.01 Å². The number of imidazole rings is 1. The maximum Gasteiger partial charge on any atom is 0.294 e. The lowest BCUT2D eigenvalue weighted by Crippen LogP contribution is -2.06. The summed E-state index contributed by atoms with van der Waals surface area (Å²) in [5.41, 5.74) is 1.95. The van der Waals surface area contributed by atoms with Gasteiger partial charge in [-0.2, -0.15) is 4.98 Å². The van der Waals surface area contributed by atoms with Gasteiger partial charge in [-0.05, 0) is 26.0 Å². The van der Waals surface area contributed by atoms with Gasteiger partial charge >= 0.3 is 0 Å². The zero-order valence-electron chi connectivity index (χ0n) is 7.74. The highest BCUT2D eigenvalue weighted by molar-refractivity contribution is 5.75. The number of ether oxygens (including phenoxy) is 1. The van der Waals surface area contributed by atoms with Crippen LogP contribution >= 0.6 is 0 Å². The van der Waals surface area contributed by atoms with Crippen molar-refractivity contribution in [2.45, 2.75) is 20.0 Å². The van der Waals surface area contributed by atoms with Gasteiger partial charge in [0.1, 0.15) is 0 Å². The van der Waals surface area contributed by atoms with Gasteiger partial charge < -0.3 is 9.72 Å². The number of fused-ring (bicyclic) bond motifs is 1. The second-order valence-corrected chi connectivity index (χ2v) is 3.23. The molecule has 0 aliphatic heterocycles. The Morgan fingerprint density at radius 3 is 2.77 bits per heavy atom. The molecule has 0 bridgehead atoms. The average molecular weight is 176 g/mol. The van der Waals surface area contributed by atoms with E-state index in [9.17, 15) is 0 Å². The Balaban J connectivity index is 2.38. The molecule has 1 aromatic heterocycles. The van der Waals surface area contributed by atoms with Crippen LogP contribution in [0.4, 0.5) is 0 Å². The highest BCUT2D eigenvalue weighted by Crippen LogP contribution is 2.15. The van der Waals surface area contributed by atoms with Crippen LogP contribution in [0.1, 0.15) is 13.8 Å². The van der Waals surface area contributed by atoms with E-state index in [1.54, 1.807) is 0 Å². The Morgan fingerprint density at radius 2 is 2.08 bits per heavy atom. The lowest BCUT2D eigenvalue weighted by Gasteiger charge is -2.03. The number of aromatic amines is 1. The zero-order chi connectivity index (χ0) is 9.26. The first-order valence-corrected chi connectivity index (χ1v) is 4.37. The van der Waals surface area contributed by atoms with Crippen LogP contribution < -0.4 is 4.74 Å². The molecule has 1 aromatic carbocycles. The van der Waals surface area contributed by atoms with Gasteiger partial charge in [0, 0.05) is 0 Å². The fourth-order valence-electron chi connectivity index (χ4n) is 1.21. The van der Waals surface area contributed by atoms with Crippen LogP contribution in [-0.2, 0) is 0 Å². The number of rotatable bonds is 2. The molecule has 0 radical (unpaired) electrons. The summed E-state index contributed by atoms with van der Waals surface area (Å²) in [6.45, 7) is 3.96. The Kier molecular flexibility index (Phi) is 1.93. The van der Waals surface area contributed by atoms with Gasteiger partial charge in [0.2, 0.25) is 0 Å². The Morgan fingerprint density at radius 1 is 1.31 bits per heavy atom. The monoisotopic (exact) mass is 176 g/mol. The van der Waals surface area contributed by atoms with Crippen molar-refractivity contribution < 1.29 is 4.74 Å². The molecule has 0 aliphatic rings. The number of nitrogens with zero attached hydrogens (tertiary/aromatic N) is 1. The zero-order valence-corrected chi connectivity index (χ0v) is 7.74. The van der Waals surface area contributed by atoms with Gasteiger partial charge in [-0.15, -0.1) is 0 Å². The van der Waals surface area contributed by atoms with Crippen LogP contribution in [0.15, 0.2) is 24.3 Å². The van der Waals surface area contributed by atoms with Crippen molar-refractivity contribution in [3.63, 3.8) is 0 Å². The van der Waals surface area contributed by atoms with Gasteiger partial charge in [0.25, 0.3) is 6.01 Å². The molecular formula is C10H12N2O. The molecule has 13 heavy (non-hydrogen) atoms. The Labute approximate surface area is 76.8 Å². The predicted molar refractivity (Wildman–Crippen MR) is 51.9 cm³/mol. The first-order chi connectivity index (χ1) is 6.25. The van der Waals surface area contributed by atoms with Crippen molar-refractivity contribution in [2.75, 3.05) is 0 Å². The van der Waals surface area contributed by atoms with E-state index in [0.717, 1.165) is 11.0 Å². The van der Waals surface area contributed by atoms with Crippen molar-refractivity contribution in [3.8, 4) is 6.01 Å². The van der Waals surface area contributed by atoms with Crippen molar-refractivity contribution >= 4 is 11.0 Å². The van der Waals surface area contributed by atoms with Crippen LogP contribution in [0, 0.1) is 0 Å². The summed E-state index contributed by atoms with van der Waals surface area (Å²) in [7, 11) is 0. The van der Waals surface area contributed by atoms with E-state index in [4.69, 9.17) is 4.74 Å². The summed E-state index contributed by atoms with van der Waals surface area (Å²) in [5.74, 6) is 0. The molecule has 1 heterocycles. The smallest absolute Gasteiger partial charge is 0.294 e. The fourth-order valence-corrected chi connectivity index (χ4v) is 1.21. The minimum Gasteiger partial charge on any atom is -0.462 e. The lowest BCUT2D eigenvalue weighted by molar-refractivity contribution is 0.225. The van der Waals surface area contributed by atoms with Crippen LogP contribution in [0.2, 0.25) is 0 Å². The average Bonchev–Trinajstić information content (AvgIpc) is 2.44. The maximum atomic E-state index is 5.43. The Hall–Kier alpha value is -1.51. The second kappa shape index (κ2) is 3.09. The number of nitrogens with one attached hydrogen (secondary N) is 1. The minimum atomic E-state index is 0.153. The number of hydrogen-bond donors (Lipinski definition) is 1. The SMILES string of the molecule is CC(C)Oc1nc2ccccc2[nH]1. The number of aromatic nitrogens is 2. The summed E-state index contributed by atoms with van der Waals surface area (Å²) in [4.78, 5) is 7.37. The number of para-hydroxylation sites is 2. The molecule has 1 N–H and O–H groups in total. The first kappa shape index (κ1) is 8.10. The van der Waals surface area contributed by atoms with Gasteiger partial charge in [0.15, 0.2) is 0 Å². The highest BCUT2D eigenvalue weighted by atomic mass is 16.5. The molecule has 2 rings (SSSR count). The van der Waals surface area contributed by atoms with Gasteiger partial charge in [-0.3, -0.25) is 0 Å². The summed E-state index contributed by atoms with van der Waals surface area (Å²) in [6, 6.07) is 8.47. The normalized spacial score (nSPS) is 11.0. The molecule has 0 aliphatic carbocycles. The molecule has 0 fully saturated rings. The van der Waals surface area contributed by atoms with Crippen molar-refractivity contribution in [2.24, 2.45) is 0 Å². The van der Waals surface area contributed by atoms with E-state index in [1.165, 1.54) is 0 Å². The Bertz CT molecular complexity index is 373. The van der Waals surface area contributed by atoms with E-state index < -0.39 is 0 Å². The van der Waals surface area contributed by atoms with E-state index >= 15 is 0 Å². The molecule has 0 spiro atoms. The summed E-state index contributed by atoms with van der Waals surface area (Å²) in [5, 5.41) is 0. The molecule has 68 valence electrons. The van der Waals surface area contributed by atoms with Gasteiger partial charge in [0.05, 0.1) is 17.1 Å². The minimum absolute atomic E-state index is 0.153. The van der Waals surface area contributed by atoms with Crippen molar-refractivity contribution in [1.29, 1.82) is 0 Å². The number of hydrogen-bond acceptors (Lipinski definition) is 2. The third-order valence-corrected chi connectivity index (χ3v) is 1.71. The second-order valence-electron chi connectivity index (χ2n) is 3.23. The first-order valence-electron chi connectivity index (χ1n) is 4.37. The molecule has 2 aromatic rings. The summed E-state index contributed by atoms with van der Waals surface area (Å²) in [6.07, 6.45) is 0.153. The fraction of sp³-hybridized carbons (Fsp3) is 0.300. The molecule has 0 unspecified atom stereocenters. The number of H-pyrrole nitrogens is 1. The third kappa shape index (κ3) is 1.64. The molecule has 3 heteroatoms. The van der Waals surface area contributed by atoms with Crippen LogP contribution in [-0.4, -0.2) is 16.1 Å². The summed E-state index contributed by atoms with van der Waals surface area (Å²) >= 11 is 0.